The SMILES string of the molecule is CC(C)C[C@H](N)C(=O)O.N[C@@H](Cc1ccc(O)cc1)C(=O)O.N[C@@H](Cc1ccccc1)C(=O)O. The predicted octanol–water partition coefficient (Wildman–Crippen LogP) is 1.43. The van der Waals surface area contributed by atoms with E-state index >= 15 is 0 Å². The molecule has 0 aliphatic heterocycles. The molecule has 10 N–H and O–H groups in total. The van der Waals surface area contributed by atoms with Crippen LogP contribution in [0.3, 0.4) is 0 Å². The van der Waals surface area contributed by atoms with Crippen LogP contribution in [-0.2, 0) is 27.2 Å². The Morgan fingerprint density at radius 3 is 1.38 bits per heavy atom. The molecule has 0 aromatic heterocycles. The van der Waals surface area contributed by atoms with Crippen molar-refractivity contribution in [3.8, 4) is 5.75 Å². The summed E-state index contributed by atoms with van der Waals surface area (Å²) in [6, 6.07) is 13.3. The number of carboxylic acid groups (broad SMARTS) is 3. The Labute approximate surface area is 199 Å². The molecular weight excluding hydrogens is 442 g/mol. The van der Waals surface area contributed by atoms with Crippen LogP contribution < -0.4 is 17.2 Å². The van der Waals surface area contributed by atoms with Crippen LogP contribution in [0.5, 0.6) is 5.75 Å². The maximum Gasteiger partial charge on any atom is 0.320 e. The van der Waals surface area contributed by atoms with E-state index in [4.69, 9.17) is 37.6 Å². The molecule has 10 heteroatoms. The van der Waals surface area contributed by atoms with Gasteiger partial charge in [-0.15, -0.1) is 0 Å². The molecule has 10 nitrogen and oxygen atoms in total. The zero-order chi connectivity index (χ0) is 26.3. The average Bonchev–Trinajstić information content (AvgIpc) is 2.76. The summed E-state index contributed by atoms with van der Waals surface area (Å²) in [7, 11) is 0. The molecule has 2 aromatic carbocycles. The van der Waals surface area contributed by atoms with E-state index in [1.165, 1.54) is 12.1 Å². The summed E-state index contributed by atoms with van der Waals surface area (Å²) in [6.45, 7) is 3.89. The summed E-state index contributed by atoms with van der Waals surface area (Å²) in [5.41, 5.74) is 17.6. The fourth-order valence-corrected chi connectivity index (χ4v) is 2.54. The monoisotopic (exact) mass is 477 g/mol. The van der Waals surface area contributed by atoms with Gasteiger partial charge in [0.15, 0.2) is 0 Å². The van der Waals surface area contributed by atoms with Gasteiger partial charge in [-0.1, -0.05) is 56.3 Å². The second kappa shape index (κ2) is 16.2. The molecule has 0 aliphatic carbocycles. The molecule has 0 amide bonds. The molecule has 0 heterocycles. The molecule has 0 aliphatic rings. The second-order valence-electron chi connectivity index (χ2n) is 8.02. The lowest BCUT2D eigenvalue weighted by molar-refractivity contribution is -0.139. The molecular formula is C24H35N3O7. The highest BCUT2D eigenvalue weighted by Gasteiger charge is 2.13. The molecule has 34 heavy (non-hydrogen) atoms. The molecule has 0 spiro atoms. The first-order valence-corrected chi connectivity index (χ1v) is 10.6. The van der Waals surface area contributed by atoms with E-state index in [2.05, 4.69) is 0 Å². The number of hydrogen-bond donors (Lipinski definition) is 7. The average molecular weight is 478 g/mol. The summed E-state index contributed by atoms with van der Waals surface area (Å²) in [4.78, 5) is 30.9. The molecule has 0 unspecified atom stereocenters. The van der Waals surface area contributed by atoms with Crippen molar-refractivity contribution in [3.63, 3.8) is 0 Å². The van der Waals surface area contributed by atoms with Crippen molar-refractivity contribution < 1.29 is 34.8 Å². The highest BCUT2D eigenvalue weighted by Crippen LogP contribution is 2.10. The van der Waals surface area contributed by atoms with Gasteiger partial charge in [-0.05, 0) is 48.4 Å². The number of rotatable bonds is 9. The third-order valence-electron chi connectivity index (χ3n) is 4.37. The highest BCUT2D eigenvalue weighted by molar-refractivity contribution is 5.74. The Morgan fingerprint density at radius 1 is 0.676 bits per heavy atom. The van der Waals surface area contributed by atoms with Crippen LogP contribution >= 0.6 is 0 Å². The zero-order valence-corrected chi connectivity index (χ0v) is 19.4. The van der Waals surface area contributed by atoms with Crippen molar-refractivity contribution in [1.29, 1.82) is 0 Å². The minimum Gasteiger partial charge on any atom is -0.508 e. The van der Waals surface area contributed by atoms with Crippen LogP contribution in [-0.4, -0.2) is 56.5 Å². The molecule has 0 radical (unpaired) electrons. The van der Waals surface area contributed by atoms with Gasteiger partial charge in [0.1, 0.15) is 23.9 Å². The van der Waals surface area contributed by atoms with Crippen LogP contribution in [0, 0.1) is 5.92 Å². The summed E-state index contributed by atoms with van der Waals surface area (Å²) < 4.78 is 0. The van der Waals surface area contributed by atoms with Crippen molar-refractivity contribution in [2.45, 2.75) is 51.2 Å². The van der Waals surface area contributed by atoms with Gasteiger partial charge >= 0.3 is 17.9 Å². The quantitative estimate of drug-likeness (QED) is 0.276. The van der Waals surface area contributed by atoms with Gasteiger partial charge in [-0.3, -0.25) is 14.4 Å². The fourth-order valence-electron chi connectivity index (χ4n) is 2.54. The zero-order valence-electron chi connectivity index (χ0n) is 19.4. The molecule has 0 saturated heterocycles. The minimum absolute atomic E-state index is 0.160. The number of hydrogen-bond acceptors (Lipinski definition) is 7. The summed E-state index contributed by atoms with van der Waals surface area (Å²) in [5.74, 6) is -2.38. The van der Waals surface area contributed by atoms with E-state index in [9.17, 15) is 14.4 Å². The number of carbonyl (C=O) groups is 3. The minimum atomic E-state index is -1.02. The topological polar surface area (TPSA) is 210 Å². The largest absolute Gasteiger partial charge is 0.508 e. The van der Waals surface area contributed by atoms with E-state index in [-0.39, 0.29) is 12.2 Å². The summed E-state index contributed by atoms with van der Waals surface area (Å²) >= 11 is 0. The van der Waals surface area contributed by atoms with Crippen molar-refractivity contribution in [3.05, 3.63) is 65.7 Å². The number of phenols is 1. The predicted molar refractivity (Wildman–Crippen MR) is 128 cm³/mol. The molecule has 0 fully saturated rings. The molecule has 0 bridgehead atoms. The van der Waals surface area contributed by atoms with Gasteiger partial charge in [0.25, 0.3) is 0 Å². The van der Waals surface area contributed by atoms with Gasteiger partial charge in [0.05, 0.1) is 0 Å². The van der Waals surface area contributed by atoms with Crippen LogP contribution in [0.25, 0.3) is 0 Å². The summed E-state index contributed by atoms with van der Waals surface area (Å²) in [6.07, 6.45) is 1.21. The van der Waals surface area contributed by atoms with E-state index in [0.29, 0.717) is 18.8 Å². The van der Waals surface area contributed by atoms with Crippen molar-refractivity contribution in [2.24, 2.45) is 23.1 Å². The number of aromatic hydroxyl groups is 1. The lowest BCUT2D eigenvalue weighted by Gasteiger charge is -2.07. The van der Waals surface area contributed by atoms with E-state index in [1.54, 1.807) is 12.1 Å². The molecule has 0 saturated carbocycles. The number of benzene rings is 2. The molecule has 2 aromatic rings. The normalized spacial score (nSPS) is 12.8. The highest BCUT2D eigenvalue weighted by atomic mass is 16.4. The fraction of sp³-hybridized carbons (Fsp3) is 0.375. The Kier molecular flexibility index (Phi) is 14.5. The number of carboxylic acids is 3. The third kappa shape index (κ3) is 14.6. The molecule has 188 valence electrons. The first-order chi connectivity index (χ1) is 15.8. The smallest absolute Gasteiger partial charge is 0.320 e. The second-order valence-corrected chi connectivity index (χ2v) is 8.02. The van der Waals surface area contributed by atoms with Gasteiger partial charge in [0.2, 0.25) is 0 Å². The Hall–Kier alpha value is -3.47. The van der Waals surface area contributed by atoms with Gasteiger partial charge in [-0.25, -0.2) is 0 Å². The molecule has 2 rings (SSSR count). The van der Waals surface area contributed by atoms with Gasteiger partial charge < -0.3 is 37.6 Å². The maximum atomic E-state index is 10.4. The maximum absolute atomic E-state index is 10.4. The number of aliphatic carboxylic acids is 3. The van der Waals surface area contributed by atoms with Crippen LogP contribution in [0.1, 0.15) is 31.4 Å². The third-order valence-corrected chi connectivity index (χ3v) is 4.37. The van der Waals surface area contributed by atoms with Crippen LogP contribution in [0.15, 0.2) is 54.6 Å². The Balaban J connectivity index is 0.000000490. The Bertz CT molecular complexity index is 874. The summed E-state index contributed by atoms with van der Waals surface area (Å²) in [5, 5.41) is 34.3. The van der Waals surface area contributed by atoms with E-state index in [0.717, 1.165) is 11.1 Å². The number of phenolic OH excluding ortho intramolecular Hbond substituents is 1. The van der Waals surface area contributed by atoms with Crippen molar-refractivity contribution >= 4 is 17.9 Å². The van der Waals surface area contributed by atoms with Crippen molar-refractivity contribution in [2.75, 3.05) is 0 Å². The van der Waals surface area contributed by atoms with E-state index < -0.39 is 36.0 Å². The first-order valence-electron chi connectivity index (χ1n) is 10.6. The Morgan fingerprint density at radius 2 is 1.06 bits per heavy atom. The standard InChI is InChI=1S/C9H11NO3.C9H11NO2.C6H13NO2/c10-8(9(12)13)5-6-1-3-7(11)4-2-6;10-8(9(11)12)6-7-4-2-1-3-5-7;1-4(2)3-5(7)6(8)9/h1-4,8,11H,5,10H2,(H,12,13);1-5,8H,6,10H2,(H,11,12);4-5H,3,7H2,1-2H3,(H,8,9)/t2*8-;5-/m000/s1. The van der Waals surface area contributed by atoms with Crippen LogP contribution in [0.4, 0.5) is 0 Å². The first kappa shape index (κ1) is 30.5. The number of nitrogens with two attached hydrogens (primary N) is 3. The molecule has 3 atom stereocenters. The van der Waals surface area contributed by atoms with E-state index in [1.807, 2.05) is 44.2 Å². The lowest BCUT2D eigenvalue weighted by Crippen LogP contribution is -2.32. The van der Waals surface area contributed by atoms with Gasteiger partial charge in [-0.2, -0.15) is 0 Å². The van der Waals surface area contributed by atoms with Crippen LogP contribution in [0.2, 0.25) is 0 Å². The van der Waals surface area contributed by atoms with Crippen molar-refractivity contribution in [1.82, 2.24) is 0 Å². The lowest BCUT2D eigenvalue weighted by atomic mass is 10.1. The van der Waals surface area contributed by atoms with Gasteiger partial charge in [0, 0.05) is 0 Å².